The van der Waals surface area contributed by atoms with Crippen LogP contribution < -0.4 is 11.2 Å². The van der Waals surface area contributed by atoms with Crippen LogP contribution >= 0.6 is 0 Å². The third kappa shape index (κ3) is 3.10. The molecule has 0 amide bonds. The Hall–Kier alpha value is -2.66. The van der Waals surface area contributed by atoms with Crippen molar-refractivity contribution in [3.8, 4) is 11.5 Å². The summed E-state index contributed by atoms with van der Waals surface area (Å²) in [6.45, 7) is 0.769. The third-order valence-corrected chi connectivity index (χ3v) is 4.19. The molecule has 2 aliphatic heterocycles. The number of aryl methyl sites for hydroxylation is 1. The average Bonchev–Trinajstić information content (AvgIpc) is 2.61. The Morgan fingerprint density at radius 1 is 1.15 bits per heavy atom. The number of rotatable bonds is 5. The van der Waals surface area contributed by atoms with Crippen molar-refractivity contribution >= 4 is 11.0 Å². The number of aliphatic hydroxyl groups excluding tert-OH is 4. The molecule has 0 saturated heterocycles. The summed E-state index contributed by atoms with van der Waals surface area (Å²) in [7, 11) is 0. The van der Waals surface area contributed by atoms with Gasteiger partial charge in [-0.15, -0.1) is 0 Å². The molecule has 1 aromatic rings. The van der Waals surface area contributed by atoms with Crippen molar-refractivity contribution in [1.29, 1.82) is 0 Å². The van der Waals surface area contributed by atoms with Crippen molar-refractivity contribution in [2.75, 3.05) is 6.61 Å². The van der Waals surface area contributed by atoms with E-state index in [1.807, 2.05) is 4.98 Å². The first-order valence-corrected chi connectivity index (χ1v) is 7.88. The van der Waals surface area contributed by atoms with Gasteiger partial charge < -0.3 is 25.0 Å². The van der Waals surface area contributed by atoms with Crippen molar-refractivity contribution in [3.05, 3.63) is 44.6 Å². The van der Waals surface area contributed by atoms with Gasteiger partial charge in [0, 0.05) is 0 Å². The third-order valence-electron chi connectivity index (χ3n) is 4.19. The number of hydrogen-bond acceptors (Lipinski definition) is 8. The topological polar surface area (TPSA) is 162 Å². The molecule has 2 aliphatic rings. The predicted molar refractivity (Wildman–Crippen MR) is 90.9 cm³/mol. The van der Waals surface area contributed by atoms with Crippen LogP contribution in [0.5, 0.6) is 0 Å². The molecule has 3 rings (SSSR count). The minimum Gasteiger partial charge on any atom is -0.394 e. The standard InChI is InChI=1S/C16H18N4O6/c1-7-3-2-4-8-11(7)17-12-14(18-16(26)19-15(12)25)20(8)5-9(22)13(24)10(23)6-21/h2-4,9-10,13,21-24H,5-6H2,1H3,(H,19,25,26)/t9-,10+,13-/m0/s1. The molecule has 0 spiro atoms. The van der Waals surface area contributed by atoms with Gasteiger partial charge in [0.25, 0.3) is 5.56 Å². The summed E-state index contributed by atoms with van der Waals surface area (Å²) in [5.74, 6) is -0.0541. The second-order valence-electron chi connectivity index (χ2n) is 6.02. The molecule has 0 saturated carbocycles. The molecule has 26 heavy (non-hydrogen) atoms. The highest BCUT2D eigenvalue weighted by molar-refractivity contribution is 5.82. The molecule has 1 aromatic carbocycles. The zero-order chi connectivity index (χ0) is 19.0. The van der Waals surface area contributed by atoms with Crippen LogP contribution in [-0.4, -0.2) is 64.9 Å². The van der Waals surface area contributed by atoms with E-state index in [9.17, 15) is 24.9 Å². The van der Waals surface area contributed by atoms with Crippen molar-refractivity contribution in [2.24, 2.45) is 0 Å². The minimum atomic E-state index is -1.63. The molecular weight excluding hydrogens is 344 g/mol. The second-order valence-corrected chi connectivity index (χ2v) is 6.02. The SMILES string of the molecule is Cc1cccc2c1nc1c(=O)[nH]c(=O)nc-1n2C[C@H](O)[C@H](O)[C@H](O)CO. The summed E-state index contributed by atoms with van der Waals surface area (Å²) in [5.41, 5.74) is 0.0416. The number of hydrogen-bond donors (Lipinski definition) is 5. The molecule has 0 fully saturated rings. The number of nitrogens with one attached hydrogen (secondary N) is 1. The zero-order valence-corrected chi connectivity index (χ0v) is 13.8. The van der Waals surface area contributed by atoms with Gasteiger partial charge in [-0.05, 0) is 18.6 Å². The summed E-state index contributed by atoms with van der Waals surface area (Å²) >= 11 is 0. The van der Waals surface area contributed by atoms with Crippen molar-refractivity contribution < 1.29 is 20.4 Å². The van der Waals surface area contributed by atoms with E-state index in [1.54, 1.807) is 25.1 Å². The average molecular weight is 362 g/mol. The smallest absolute Gasteiger partial charge is 0.349 e. The monoisotopic (exact) mass is 362 g/mol. The number of fused-ring (bicyclic) bond motifs is 2. The van der Waals surface area contributed by atoms with Gasteiger partial charge in [-0.25, -0.2) is 9.78 Å². The lowest BCUT2D eigenvalue weighted by Gasteiger charge is -2.25. The maximum atomic E-state index is 12.1. The van der Waals surface area contributed by atoms with Crippen molar-refractivity contribution in [3.63, 3.8) is 0 Å². The molecule has 0 bridgehead atoms. The summed E-state index contributed by atoms with van der Waals surface area (Å²) in [6.07, 6.45) is -4.67. The number of benzene rings is 1. The summed E-state index contributed by atoms with van der Waals surface area (Å²) in [6, 6.07) is 5.19. The summed E-state index contributed by atoms with van der Waals surface area (Å²) in [5, 5.41) is 38.6. The van der Waals surface area contributed by atoms with Gasteiger partial charge >= 0.3 is 5.69 Å². The van der Waals surface area contributed by atoms with Gasteiger partial charge in [-0.1, -0.05) is 12.1 Å². The molecule has 0 aliphatic carbocycles. The van der Waals surface area contributed by atoms with Gasteiger partial charge in [0.05, 0.1) is 24.2 Å². The Morgan fingerprint density at radius 3 is 2.58 bits per heavy atom. The van der Waals surface area contributed by atoms with E-state index >= 15 is 0 Å². The van der Waals surface area contributed by atoms with Crippen LogP contribution in [0.3, 0.4) is 0 Å². The van der Waals surface area contributed by atoms with Gasteiger partial charge in [0.1, 0.15) is 18.3 Å². The van der Waals surface area contributed by atoms with E-state index in [2.05, 4.69) is 9.97 Å². The number of nitrogens with zero attached hydrogens (tertiary/aromatic N) is 3. The Morgan fingerprint density at radius 2 is 1.88 bits per heavy atom. The Kier molecular flexibility index (Phi) is 4.83. The van der Waals surface area contributed by atoms with Crippen LogP contribution in [0, 0.1) is 6.92 Å². The fraction of sp³-hybridized carbons (Fsp3) is 0.375. The van der Waals surface area contributed by atoms with Crippen molar-refractivity contribution in [1.82, 2.24) is 19.5 Å². The summed E-state index contributed by atoms with van der Waals surface area (Å²) < 4.78 is 1.39. The molecule has 138 valence electrons. The first-order valence-electron chi connectivity index (χ1n) is 7.88. The molecular formula is C16H18N4O6. The zero-order valence-electron chi connectivity index (χ0n) is 13.8. The molecule has 3 atom stereocenters. The quantitative estimate of drug-likeness (QED) is 0.325. The number of aromatic nitrogens is 4. The highest BCUT2D eigenvalue weighted by Crippen LogP contribution is 2.23. The molecule has 0 aromatic heterocycles. The lowest BCUT2D eigenvalue weighted by molar-refractivity contribution is -0.0802. The largest absolute Gasteiger partial charge is 0.394 e. The predicted octanol–water partition coefficient (Wildman–Crippen LogP) is -2.03. The van der Waals surface area contributed by atoms with E-state index in [1.165, 1.54) is 4.57 Å². The molecule has 10 heteroatoms. The Bertz CT molecular complexity index is 1030. The highest BCUT2D eigenvalue weighted by atomic mass is 16.4. The van der Waals surface area contributed by atoms with E-state index in [-0.39, 0.29) is 18.1 Å². The fourth-order valence-corrected chi connectivity index (χ4v) is 2.80. The van der Waals surface area contributed by atoms with Crippen LogP contribution in [0.25, 0.3) is 22.6 Å². The van der Waals surface area contributed by atoms with Gasteiger partial charge in [-0.2, -0.15) is 4.98 Å². The second kappa shape index (κ2) is 6.92. The van der Waals surface area contributed by atoms with Crippen LogP contribution in [0.1, 0.15) is 5.56 Å². The van der Waals surface area contributed by atoms with Gasteiger partial charge in [0.2, 0.25) is 0 Å². The van der Waals surface area contributed by atoms with Crippen LogP contribution in [-0.2, 0) is 6.54 Å². The maximum Gasteiger partial charge on any atom is 0.349 e. The maximum absolute atomic E-state index is 12.1. The molecule has 5 N–H and O–H groups in total. The van der Waals surface area contributed by atoms with Crippen molar-refractivity contribution in [2.45, 2.75) is 31.8 Å². The Balaban J connectivity index is 2.25. The van der Waals surface area contributed by atoms with E-state index in [4.69, 9.17) is 5.11 Å². The molecule has 2 heterocycles. The van der Waals surface area contributed by atoms with Gasteiger partial charge in [0.15, 0.2) is 11.5 Å². The fourth-order valence-electron chi connectivity index (χ4n) is 2.80. The van der Waals surface area contributed by atoms with E-state index < -0.39 is 36.2 Å². The summed E-state index contributed by atoms with van der Waals surface area (Å²) in [4.78, 5) is 33.9. The first kappa shape index (κ1) is 18.1. The van der Waals surface area contributed by atoms with Crippen LogP contribution in [0.15, 0.2) is 27.8 Å². The van der Waals surface area contributed by atoms with Crippen LogP contribution in [0.2, 0.25) is 0 Å². The number of aliphatic hydroxyl groups is 4. The normalized spacial score (nSPS) is 15.3. The van der Waals surface area contributed by atoms with E-state index in [0.29, 0.717) is 11.0 Å². The molecule has 0 unspecified atom stereocenters. The number of aromatic amines is 1. The number of para-hydroxylation sites is 1. The number of H-pyrrole nitrogens is 1. The highest BCUT2D eigenvalue weighted by Gasteiger charge is 2.27. The lowest BCUT2D eigenvalue weighted by Crippen LogP contribution is -2.42. The Labute approximate surface area is 146 Å². The van der Waals surface area contributed by atoms with Gasteiger partial charge in [-0.3, -0.25) is 9.78 Å². The van der Waals surface area contributed by atoms with E-state index in [0.717, 1.165) is 5.56 Å². The first-order chi connectivity index (χ1) is 12.3. The molecule has 10 nitrogen and oxygen atoms in total. The minimum absolute atomic E-state index is 0.0541. The lowest BCUT2D eigenvalue weighted by atomic mass is 10.1. The molecule has 0 radical (unpaired) electrons. The van der Waals surface area contributed by atoms with Crippen LogP contribution in [0.4, 0.5) is 0 Å².